The van der Waals surface area contributed by atoms with Gasteiger partial charge in [-0.2, -0.15) is 0 Å². The molecule has 0 aromatic heterocycles. The van der Waals surface area contributed by atoms with Crippen LogP contribution in [-0.2, 0) is 9.84 Å². The molecule has 0 spiro atoms. The maximum Gasteiger partial charge on any atom is 0.246 e. The van der Waals surface area contributed by atoms with Crippen LogP contribution in [0.15, 0.2) is 54.6 Å². The Labute approximate surface area is 161 Å². The second-order valence-corrected chi connectivity index (χ2v) is 8.83. The zero-order valence-corrected chi connectivity index (χ0v) is 16.8. The lowest BCUT2D eigenvalue weighted by Crippen LogP contribution is -2.48. The van der Waals surface area contributed by atoms with E-state index in [-0.39, 0.29) is 0 Å². The van der Waals surface area contributed by atoms with Crippen LogP contribution in [-0.4, -0.2) is 17.1 Å². The molecule has 4 aliphatic rings. The standard InChI is InChI=1S/C22H24.C2H5OSi/c1-2-6-19(7-3-1)20-8-4-5-9-21(20)22-13-16-10-17(14-22)12-18(11-16)15-22;1-2-3-4/h1-9,16-18H,10-15H2;2H2,1H3. The van der Waals surface area contributed by atoms with E-state index in [1.807, 2.05) is 6.92 Å². The van der Waals surface area contributed by atoms with Crippen molar-refractivity contribution in [2.45, 2.75) is 50.9 Å². The van der Waals surface area contributed by atoms with Gasteiger partial charge < -0.3 is 4.43 Å². The maximum absolute atomic E-state index is 4.35. The van der Waals surface area contributed by atoms with Crippen molar-refractivity contribution in [1.82, 2.24) is 0 Å². The highest BCUT2D eigenvalue weighted by atomic mass is 28.2. The third-order valence-electron chi connectivity index (χ3n) is 6.77. The SMILES string of the molecule is CCO[Si].c1ccc(-c2ccccc2C23CC4CC(CC(C4)C2)C3)cc1. The van der Waals surface area contributed by atoms with Gasteiger partial charge in [0.05, 0.1) is 0 Å². The molecular formula is C24H29OSi. The quantitative estimate of drug-likeness (QED) is 0.616. The third kappa shape index (κ3) is 3.42. The van der Waals surface area contributed by atoms with E-state index >= 15 is 0 Å². The van der Waals surface area contributed by atoms with E-state index in [1.54, 1.807) is 5.56 Å². The Morgan fingerprint density at radius 3 is 1.88 bits per heavy atom. The highest BCUT2D eigenvalue weighted by Crippen LogP contribution is 2.61. The minimum absolute atomic E-state index is 0.487. The van der Waals surface area contributed by atoms with Crippen LogP contribution in [0.1, 0.15) is 51.0 Å². The van der Waals surface area contributed by atoms with Gasteiger partial charge in [0.2, 0.25) is 10.5 Å². The van der Waals surface area contributed by atoms with E-state index in [2.05, 4.69) is 69.5 Å². The molecule has 26 heavy (non-hydrogen) atoms. The smallest absolute Gasteiger partial charge is 0.246 e. The Morgan fingerprint density at radius 1 is 0.846 bits per heavy atom. The normalized spacial score (nSPS) is 31.4. The number of hydrogen-bond donors (Lipinski definition) is 0. The van der Waals surface area contributed by atoms with Gasteiger partial charge >= 0.3 is 0 Å². The summed E-state index contributed by atoms with van der Waals surface area (Å²) >= 11 is 0. The molecule has 0 N–H and O–H groups in total. The van der Waals surface area contributed by atoms with Crippen LogP contribution in [0.5, 0.6) is 0 Å². The first-order valence-corrected chi connectivity index (χ1v) is 10.6. The summed E-state index contributed by atoms with van der Waals surface area (Å²) in [5.41, 5.74) is 5.03. The summed E-state index contributed by atoms with van der Waals surface area (Å²) in [5.74, 6) is 3.03. The summed E-state index contributed by atoms with van der Waals surface area (Å²) in [6.07, 6.45) is 8.90. The Balaban J connectivity index is 0.000000385. The van der Waals surface area contributed by atoms with Crippen LogP contribution >= 0.6 is 0 Å². The summed E-state index contributed by atoms with van der Waals surface area (Å²) in [6.45, 7) is 2.64. The molecule has 2 aromatic carbocycles. The Hall–Kier alpha value is -1.38. The van der Waals surface area contributed by atoms with Gasteiger partial charge in [-0.25, -0.2) is 0 Å². The average molecular weight is 362 g/mol. The first-order chi connectivity index (χ1) is 12.7. The van der Waals surface area contributed by atoms with Crippen molar-refractivity contribution >= 4 is 10.5 Å². The number of rotatable bonds is 3. The topological polar surface area (TPSA) is 9.23 Å². The van der Waals surface area contributed by atoms with E-state index in [9.17, 15) is 0 Å². The van der Waals surface area contributed by atoms with Gasteiger partial charge in [-0.15, -0.1) is 0 Å². The lowest BCUT2D eigenvalue weighted by Gasteiger charge is -2.57. The molecule has 0 atom stereocenters. The summed E-state index contributed by atoms with van der Waals surface area (Å²) in [5, 5.41) is 0. The van der Waals surface area contributed by atoms with Crippen LogP contribution in [0.3, 0.4) is 0 Å². The Morgan fingerprint density at radius 2 is 1.35 bits per heavy atom. The Kier molecular flexibility index (Phi) is 5.33. The van der Waals surface area contributed by atoms with Gasteiger partial charge in [-0.3, -0.25) is 0 Å². The third-order valence-corrected chi connectivity index (χ3v) is 7.05. The molecule has 0 saturated heterocycles. The molecule has 2 aromatic rings. The van der Waals surface area contributed by atoms with Crippen LogP contribution in [0.4, 0.5) is 0 Å². The highest BCUT2D eigenvalue weighted by molar-refractivity contribution is 5.97. The number of hydrogen-bond acceptors (Lipinski definition) is 1. The van der Waals surface area contributed by atoms with Crippen molar-refractivity contribution in [2.75, 3.05) is 6.61 Å². The predicted octanol–water partition coefficient (Wildman–Crippen LogP) is 5.93. The molecule has 3 radical (unpaired) electrons. The van der Waals surface area contributed by atoms with Crippen molar-refractivity contribution in [3.63, 3.8) is 0 Å². The fraction of sp³-hybridized carbons (Fsp3) is 0.500. The summed E-state index contributed by atoms with van der Waals surface area (Å²) < 4.78 is 4.35. The van der Waals surface area contributed by atoms with Crippen molar-refractivity contribution in [2.24, 2.45) is 17.8 Å². The maximum atomic E-state index is 4.35. The molecule has 0 aliphatic heterocycles. The molecule has 2 heteroatoms. The molecule has 4 saturated carbocycles. The zero-order valence-electron chi connectivity index (χ0n) is 15.8. The van der Waals surface area contributed by atoms with Gasteiger partial charge in [0.25, 0.3) is 0 Å². The van der Waals surface area contributed by atoms with Gasteiger partial charge in [0.1, 0.15) is 0 Å². The van der Waals surface area contributed by atoms with Gasteiger partial charge in [-0.1, -0.05) is 54.6 Å². The monoisotopic (exact) mass is 361 g/mol. The first kappa shape index (κ1) is 18.0. The fourth-order valence-corrected chi connectivity index (χ4v) is 6.26. The first-order valence-electron chi connectivity index (χ1n) is 10.2. The van der Waals surface area contributed by atoms with Crippen LogP contribution in [0.2, 0.25) is 0 Å². The lowest BCUT2D eigenvalue weighted by atomic mass is 9.47. The van der Waals surface area contributed by atoms with Crippen LogP contribution < -0.4 is 0 Å². The van der Waals surface area contributed by atoms with E-state index in [4.69, 9.17) is 0 Å². The largest absolute Gasteiger partial charge is 0.419 e. The van der Waals surface area contributed by atoms with E-state index < -0.39 is 0 Å². The minimum Gasteiger partial charge on any atom is -0.419 e. The van der Waals surface area contributed by atoms with Crippen molar-refractivity contribution < 1.29 is 4.43 Å². The molecule has 135 valence electrons. The van der Waals surface area contributed by atoms with Crippen LogP contribution in [0.25, 0.3) is 11.1 Å². The van der Waals surface area contributed by atoms with E-state index in [1.165, 1.54) is 49.7 Å². The molecule has 4 bridgehead atoms. The molecule has 1 nitrogen and oxygen atoms in total. The molecule has 4 fully saturated rings. The second kappa shape index (κ2) is 7.70. The second-order valence-electron chi connectivity index (χ2n) is 8.54. The molecule has 4 aliphatic carbocycles. The molecular weight excluding hydrogens is 332 g/mol. The van der Waals surface area contributed by atoms with Crippen LogP contribution in [0, 0.1) is 17.8 Å². The molecule has 0 unspecified atom stereocenters. The average Bonchev–Trinajstić information content (AvgIpc) is 2.68. The van der Waals surface area contributed by atoms with E-state index in [0.29, 0.717) is 5.41 Å². The van der Waals surface area contributed by atoms with Crippen molar-refractivity contribution in [3.05, 3.63) is 60.2 Å². The highest BCUT2D eigenvalue weighted by Gasteiger charge is 2.52. The van der Waals surface area contributed by atoms with Crippen molar-refractivity contribution in [3.8, 4) is 11.1 Å². The Bertz CT molecular complexity index is 687. The fourth-order valence-electron chi connectivity index (χ4n) is 6.26. The van der Waals surface area contributed by atoms with Crippen molar-refractivity contribution in [1.29, 1.82) is 0 Å². The molecule has 0 amide bonds. The summed E-state index contributed by atoms with van der Waals surface area (Å²) in [7, 11) is 2.79. The summed E-state index contributed by atoms with van der Waals surface area (Å²) in [6, 6.07) is 20.3. The molecule has 6 rings (SSSR count). The van der Waals surface area contributed by atoms with E-state index in [0.717, 1.165) is 24.4 Å². The van der Waals surface area contributed by atoms with Gasteiger partial charge in [0, 0.05) is 6.61 Å². The minimum atomic E-state index is 0.487. The lowest BCUT2D eigenvalue weighted by molar-refractivity contribution is -0.00492. The summed E-state index contributed by atoms with van der Waals surface area (Å²) in [4.78, 5) is 0. The van der Waals surface area contributed by atoms with Gasteiger partial charge in [0.15, 0.2) is 0 Å². The zero-order chi connectivity index (χ0) is 18.0. The number of benzene rings is 2. The molecule has 0 heterocycles. The van der Waals surface area contributed by atoms with Gasteiger partial charge in [-0.05, 0) is 85.3 Å². The predicted molar refractivity (Wildman–Crippen MR) is 109 cm³/mol.